The maximum absolute atomic E-state index is 13.6. The van der Waals surface area contributed by atoms with E-state index < -0.39 is 6.04 Å². The van der Waals surface area contributed by atoms with Crippen molar-refractivity contribution in [3.63, 3.8) is 0 Å². The Kier molecular flexibility index (Phi) is 10.7. The normalized spacial score (nSPS) is 14.7. The SMILES string of the molecule is CC[C@H](C(=O)NC1CCCCC1)N(Cc1ccc(Cl)c(Cl)c1)C(=O)CCc1ccc(OC)c(OC)c1. The second-order valence-corrected chi connectivity index (χ2v) is 10.0. The average molecular weight is 536 g/mol. The first-order chi connectivity index (χ1) is 17.4. The molecule has 0 unspecified atom stereocenters. The molecule has 0 heterocycles. The van der Waals surface area contributed by atoms with Gasteiger partial charge in [-0.1, -0.05) is 61.5 Å². The quantitative estimate of drug-likeness (QED) is 0.372. The Balaban J connectivity index is 1.79. The fourth-order valence-corrected chi connectivity index (χ4v) is 5.05. The highest BCUT2D eigenvalue weighted by molar-refractivity contribution is 6.42. The van der Waals surface area contributed by atoms with Crippen molar-refractivity contribution >= 4 is 35.0 Å². The second kappa shape index (κ2) is 13.8. The Hall–Kier alpha value is -2.44. The van der Waals surface area contributed by atoms with Gasteiger partial charge in [0.1, 0.15) is 6.04 Å². The van der Waals surface area contributed by atoms with Crippen LogP contribution >= 0.6 is 23.2 Å². The third-order valence-electron chi connectivity index (χ3n) is 6.75. The summed E-state index contributed by atoms with van der Waals surface area (Å²) in [5, 5.41) is 4.08. The van der Waals surface area contributed by atoms with Gasteiger partial charge in [-0.3, -0.25) is 9.59 Å². The highest BCUT2D eigenvalue weighted by atomic mass is 35.5. The predicted octanol–water partition coefficient (Wildman–Crippen LogP) is 6.20. The summed E-state index contributed by atoms with van der Waals surface area (Å²) in [5.41, 5.74) is 1.78. The molecule has 0 aromatic heterocycles. The Morgan fingerprint density at radius 2 is 1.67 bits per heavy atom. The van der Waals surface area contributed by atoms with E-state index in [9.17, 15) is 9.59 Å². The number of methoxy groups -OCH3 is 2. The van der Waals surface area contributed by atoms with Crippen molar-refractivity contribution in [2.75, 3.05) is 14.2 Å². The average Bonchev–Trinajstić information content (AvgIpc) is 2.89. The monoisotopic (exact) mass is 534 g/mol. The molecular weight excluding hydrogens is 499 g/mol. The molecule has 2 aromatic carbocycles. The molecule has 8 heteroatoms. The number of amides is 2. The largest absolute Gasteiger partial charge is 0.493 e. The van der Waals surface area contributed by atoms with E-state index in [1.807, 2.05) is 31.2 Å². The number of hydrogen-bond donors (Lipinski definition) is 1. The predicted molar refractivity (Wildman–Crippen MR) is 144 cm³/mol. The lowest BCUT2D eigenvalue weighted by molar-refractivity contribution is -0.141. The molecule has 0 aliphatic heterocycles. The maximum atomic E-state index is 13.6. The molecule has 36 heavy (non-hydrogen) atoms. The van der Waals surface area contributed by atoms with Crippen LogP contribution in [-0.4, -0.2) is 43.0 Å². The summed E-state index contributed by atoms with van der Waals surface area (Å²) < 4.78 is 10.7. The summed E-state index contributed by atoms with van der Waals surface area (Å²) in [5.74, 6) is 1.07. The van der Waals surface area contributed by atoms with Crippen molar-refractivity contribution in [2.24, 2.45) is 0 Å². The molecule has 196 valence electrons. The zero-order valence-electron chi connectivity index (χ0n) is 21.3. The lowest BCUT2D eigenvalue weighted by Gasteiger charge is -2.33. The maximum Gasteiger partial charge on any atom is 0.243 e. The first kappa shape index (κ1) is 28.1. The van der Waals surface area contributed by atoms with Crippen molar-refractivity contribution in [1.29, 1.82) is 0 Å². The van der Waals surface area contributed by atoms with Crippen molar-refractivity contribution < 1.29 is 19.1 Å². The molecule has 0 spiro atoms. The molecule has 1 N–H and O–H groups in total. The van der Waals surface area contributed by atoms with E-state index in [0.29, 0.717) is 34.4 Å². The summed E-state index contributed by atoms with van der Waals surface area (Å²) in [6.45, 7) is 2.22. The fourth-order valence-electron chi connectivity index (χ4n) is 4.73. The van der Waals surface area contributed by atoms with Gasteiger partial charge in [0, 0.05) is 19.0 Å². The van der Waals surface area contributed by atoms with E-state index in [0.717, 1.165) is 36.8 Å². The van der Waals surface area contributed by atoms with Crippen molar-refractivity contribution in [1.82, 2.24) is 10.2 Å². The summed E-state index contributed by atoms with van der Waals surface area (Å²) >= 11 is 12.3. The van der Waals surface area contributed by atoms with Crippen molar-refractivity contribution in [3.8, 4) is 11.5 Å². The highest BCUT2D eigenvalue weighted by Gasteiger charge is 2.30. The molecule has 1 atom stereocenters. The molecule has 2 aromatic rings. The molecule has 0 saturated heterocycles. The Morgan fingerprint density at radius 1 is 0.972 bits per heavy atom. The number of nitrogens with zero attached hydrogens (tertiary/aromatic N) is 1. The van der Waals surface area contributed by atoms with Gasteiger partial charge in [0.05, 0.1) is 24.3 Å². The zero-order valence-corrected chi connectivity index (χ0v) is 22.8. The van der Waals surface area contributed by atoms with E-state index in [1.165, 1.54) is 6.42 Å². The van der Waals surface area contributed by atoms with Gasteiger partial charge in [-0.15, -0.1) is 0 Å². The molecule has 2 amide bonds. The van der Waals surface area contributed by atoms with E-state index in [1.54, 1.807) is 31.3 Å². The van der Waals surface area contributed by atoms with Crippen LogP contribution in [0.1, 0.15) is 63.0 Å². The van der Waals surface area contributed by atoms with Gasteiger partial charge >= 0.3 is 0 Å². The first-order valence-electron chi connectivity index (χ1n) is 12.6. The van der Waals surface area contributed by atoms with Gasteiger partial charge < -0.3 is 19.7 Å². The summed E-state index contributed by atoms with van der Waals surface area (Å²) in [6, 6.07) is 10.5. The van der Waals surface area contributed by atoms with Crippen LogP contribution in [0.25, 0.3) is 0 Å². The molecule has 3 rings (SSSR count). The second-order valence-electron chi connectivity index (χ2n) is 9.23. The van der Waals surface area contributed by atoms with Crippen LogP contribution in [-0.2, 0) is 22.6 Å². The van der Waals surface area contributed by atoms with Crippen LogP contribution in [0.4, 0.5) is 0 Å². The number of hydrogen-bond acceptors (Lipinski definition) is 4. The minimum absolute atomic E-state index is 0.0936. The molecule has 0 bridgehead atoms. The number of carbonyl (C=O) groups excluding carboxylic acids is 2. The number of rotatable bonds is 11. The van der Waals surface area contributed by atoms with Gasteiger partial charge in [0.2, 0.25) is 11.8 Å². The number of ether oxygens (including phenoxy) is 2. The third kappa shape index (κ3) is 7.53. The highest BCUT2D eigenvalue weighted by Crippen LogP contribution is 2.29. The molecule has 1 aliphatic carbocycles. The van der Waals surface area contributed by atoms with Gasteiger partial charge in [0.25, 0.3) is 0 Å². The lowest BCUT2D eigenvalue weighted by atomic mass is 9.95. The number of nitrogens with one attached hydrogen (secondary N) is 1. The van der Waals surface area contributed by atoms with E-state index >= 15 is 0 Å². The van der Waals surface area contributed by atoms with Crippen LogP contribution in [0.15, 0.2) is 36.4 Å². The standard InChI is InChI=1S/C28H36Cl2N2O4/c1-4-24(28(34)31-21-8-6-5-7-9-21)32(18-20-10-13-22(29)23(30)16-20)27(33)15-12-19-11-14-25(35-2)26(17-19)36-3/h10-11,13-14,16-17,21,24H,4-9,12,15,18H2,1-3H3,(H,31,34)/t24-/m1/s1. The van der Waals surface area contributed by atoms with Gasteiger partial charge in [-0.05, 0) is 61.1 Å². The Bertz CT molecular complexity index is 1040. The summed E-state index contributed by atoms with van der Waals surface area (Å²) in [7, 11) is 3.17. The summed E-state index contributed by atoms with van der Waals surface area (Å²) in [6.07, 6.45) is 6.72. The van der Waals surface area contributed by atoms with Crippen LogP contribution in [0.5, 0.6) is 11.5 Å². The molecule has 6 nitrogen and oxygen atoms in total. The van der Waals surface area contributed by atoms with Crippen LogP contribution in [0.2, 0.25) is 10.0 Å². The van der Waals surface area contributed by atoms with Gasteiger partial charge in [-0.25, -0.2) is 0 Å². The van der Waals surface area contributed by atoms with Crippen LogP contribution < -0.4 is 14.8 Å². The van der Waals surface area contributed by atoms with Crippen molar-refractivity contribution in [2.45, 2.75) is 76.9 Å². The molecule has 0 radical (unpaired) electrons. The third-order valence-corrected chi connectivity index (χ3v) is 7.49. The number of halogens is 2. The van der Waals surface area contributed by atoms with Crippen LogP contribution in [0, 0.1) is 0 Å². The molecule has 1 saturated carbocycles. The smallest absolute Gasteiger partial charge is 0.243 e. The number of aryl methyl sites for hydroxylation is 1. The van der Waals surface area contributed by atoms with E-state index in [-0.39, 0.29) is 30.8 Å². The summed E-state index contributed by atoms with van der Waals surface area (Å²) in [4.78, 5) is 28.6. The lowest BCUT2D eigenvalue weighted by Crippen LogP contribution is -2.51. The van der Waals surface area contributed by atoms with E-state index in [4.69, 9.17) is 32.7 Å². The Labute approximate surface area is 224 Å². The number of carbonyl (C=O) groups is 2. The Morgan fingerprint density at radius 3 is 2.31 bits per heavy atom. The van der Waals surface area contributed by atoms with Gasteiger partial charge in [-0.2, -0.15) is 0 Å². The van der Waals surface area contributed by atoms with Crippen molar-refractivity contribution in [3.05, 3.63) is 57.6 Å². The van der Waals surface area contributed by atoms with E-state index in [2.05, 4.69) is 5.32 Å². The molecular formula is C28H36Cl2N2O4. The number of benzene rings is 2. The van der Waals surface area contributed by atoms with Gasteiger partial charge in [0.15, 0.2) is 11.5 Å². The zero-order chi connectivity index (χ0) is 26.1. The molecule has 1 fully saturated rings. The van der Waals surface area contributed by atoms with Crippen LogP contribution in [0.3, 0.4) is 0 Å². The minimum Gasteiger partial charge on any atom is -0.493 e. The topological polar surface area (TPSA) is 67.9 Å². The first-order valence-corrected chi connectivity index (χ1v) is 13.4. The fraction of sp³-hybridized carbons (Fsp3) is 0.500. The molecule has 1 aliphatic rings. The minimum atomic E-state index is -0.570.